The van der Waals surface area contributed by atoms with Gasteiger partial charge in [0, 0.05) is 5.75 Å². The number of rotatable bonds is 2. The summed E-state index contributed by atoms with van der Waals surface area (Å²) < 4.78 is 0. The van der Waals surface area contributed by atoms with Gasteiger partial charge in [-0.15, -0.1) is 0 Å². The first-order chi connectivity index (χ1) is 6.75. The molecule has 0 saturated heterocycles. The Kier molecular flexibility index (Phi) is 2.96. The molecule has 1 saturated carbocycles. The van der Waals surface area contributed by atoms with Crippen molar-refractivity contribution in [3.05, 3.63) is 0 Å². The summed E-state index contributed by atoms with van der Waals surface area (Å²) in [5, 5.41) is 14.3. The van der Waals surface area contributed by atoms with Crippen molar-refractivity contribution in [1.82, 2.24) is 5.32 Å². The summed E-state index contributed by atoms with van der Waals surface area (Å²) in [6.07, 6.45) is 4.78. The molecule has 0 bridgehead atoms. The van der Waals surface area contributed by atoms with Crippen molar-refractivity contribution in [2.45, 2.75) is 37.8 Å². The Morgan fingerprint density at radius 1 is 1.57 bits per heavy atom. The number of carboxylic acid groups (broad SMARTS) is 1. The number of carbonyl (C=O) groups is 1. The Morgan fingerprint density at radius 2 is 2.36 bits per heavy atom. The highest BCUT2D eigenvalue weighted by atomic mass is 32.2. The third-order valence-electron chi connectivity index (χ3n) is 2.65. The van der Waals surface area contributed by atoms with Crippen molar-refractivity contribution in [2.75, 3.05) is 5.75 Å². The summed E-state index contributed by atoms with van der Waals surface area (Å²) >= 11 is 1.23. The van der Waals surface area contributed by atoms with Crippen LogP contribution < -0.4 is 10.4 Å². The zero-order valence-electron chi connectivity index (χ0n) is 7.86. The number of aliphatic carboxylic acids is 1. The van der Waals surface area contributed by atoms with Gasteiger partial charge in [0.15, 0.2) is 5.17 Å². The van der Waals surface area contributed by atoms with E-state index < -0.39 is 5.97 Å². The largest absolute Gasteiger partial charge is 0.549 e. The molecule has 1 fully saturated rings. The van der Waals surface area contributed by atoms with E-state index in [1.165, 1.54) is 24.6 Å². The number of hydrogen-bond donors (Lipinski definition) is 1. The Balaban J connectivity index is 1.86. The summed E-state index contributed by atoms with van der Waals surface area (Å²) in [6, 6.07) is 0.834. The van der Waals surface area contributed by atoms with Crippen LogP contribution in [0.25, 0.3) is 0 Å². The van der Waals surface area contributed by atoms with Crippen LogP contribution in [0, 0.1) is 0 Å². The van der Waals surface area contributed by atoms with Crippen LogP contribution in [0.2, 0.25) is 0 Å². The molecule has 14 heavy (non-hydrogen) atoms. The predicted molar refractivity (Wildman–Crippen MR) is 54.1 cm³/mol. The maximum Gasteiger partial charge on any atom is 0.157 e. The molecule has 0 aromatic rings. The second-order valence-electron chi connectivity index (χ2n) is 3.70. The third-order valence-corrected chi connectivity index (χ3v) is 3.52. The van der Waals surface area contributed by atoms with Crippen LogP contribution in [0.3, 0.4) is 0 Å². The molecule has 0 aromatic heterocycles. The fourth-order valence-corrected chi connectivity index (χ4v) is 2.69. The fourth-order valence-electron chi connectivity index (χ4n) is 1.99. The average molecular weight is 213 g/mol. The van der Waals surface area contributed by atoms with E-state index in [9.17, 15) is 9.90 Å². The van der Waals surface area contributed by atoms with Crippen LogP contribution in [0.5, 0.6) is 0 Å². The molecule has 4 nitrogen and oxygen atoms in total. The molecule has 0 unspecified atom stereocenters. The fraction of sp³-hybridized carbons (Fsp3) is 0.778. The van der Waals surface area contributed by atoms with E-state index in [2.05, 4.69) is 10.3 Å². The predicted octanol–water partition coefficient (Wildman–Crippen LogP) is -0.260. The minimum Gasteiger partial charge on any atom is -0.549 e. The van der Waals surface area contributed by atoms with E-state index in [0.29, 0.717) is 12.1 Å². The normalized spacial score (nSPS) is 30.4. The van der Waals surface area contributed by atoms with Gasteiger partial charge in [-0.05, 0) is 12.8 Å². The summed E-state index contributed by atoms with van der Waals surface area (Å²) in [7, 11) is 0. The number of thioether (sulfide) groups is 1. The first-order valence-electron chi connectivity index (χ1n) is 4.92. The smallest absolute Gasteiger partial charge is 0.157 e. The maximum atomic E-state index is 10.3. The first kappa shape index (κ1) is 9.83. The highest BCUT2D eigenvalue weighted by molar-refractivity contribution is 8.14. The highest BCUT2D eigenvalue weighted by Gasteiger charge is 2.30. The lowest BCUT2D eigenvalue weighted by atomic mass is 9.92. The monoisotopic (exact) mass is 213 g/mol. The lowest BCUT2D eigenvalue weighted by molar-refractivity contribution is -0.301. The van der Waals surface area contributed by atoms with Crippen LogP contribution in [0.15, 0.2) is 4.99 Å². The summed E-state index contributed by atoms with van der Waals surface area (Å²) in [4.78, 5) is 14.7. The molecule has 1 heterocycles. The highest BCUT2D eigenvalue weighted by Crippen LogP contribution is 2.26. The molecule has 1 aliphatic carbocycles. The number of amidine groups is 1. The topological polar surface area (TPSA) is 64.5 Å². The van der Waals surface area contributed by atoms with Gasteiger partial charge < -0.3 is 15.2 Å². The Bertz CT molecular complexity index is 268. The Hall–Kier alpha value is -0.710. The van der Waals surface area contributed by atoms with Gasteiger partial charge in [0.2, 0.25) is 0 Å². The van der Waals surface area contributed by atoms with E-state index in [1.807, 2.05) is 0 Å². The van der Waals surface area contributed by atoms with Crippen molar-refractivity contribution >= 4 is 22.9 Å². The molecular formula is C9H13N2O2S-. The quantitative estimate of drug-likeness (QED) is 0.686. The molecular weight excluding hydrogens is 200 g/mol. The van der Waals surface area contributed by atoms with Gasteiger partial charge in [-0.3, -0.25) is 4.99 Å². The molecule has 2 rings (SSSR count). The molecule has 0 radical (unpaired) electrons. The number of aliphatic imine (C=N–C) groups is 1. The molecule has 2 aliphatic rings. The van der Waals surface area contributed by atoms with Gasteiger partial charge in [-0.1, -0.05) is 24.6 Å². The second kappa shape index (κ2) is 4.21. The Morgan fingerprint density at radius 3 is 3.07 bits per heavy atom. The number of carboxylic acids is 1. The van der Waals surface area contributed by atoms with Crippen LogP contribution >= 0.6 is 11.8 Å². The van der Waals surface area contributed by atoms with Crippen molar-refractivity contribution in [3.63, 3.8) is 0 Å². The van der Waals surface area contributed by atoms with Gasteiger partial charge in [-0.2, -0.15) is 0 Å². The van der Waals surface area contributed by atoms with E-state index in [0.717, 1.165) is 18.0 Å². The number of nitrogens with one attached hydrogen (secondary N) is 1. The molecule has 1 aliphatic heterocycles. The zero-order chi connectivity index (χ0) is 9.97. The van der Waals surface area contributed by atoms with Crippen LogP contribution in [-0.2, 0) is 4.79 Å². The van der Waals surface area contributed by atoms with Crippen LogP contribution in [0.4, 0.5) is 0 Å². The maximum absolute atomic E-state index is 10.3. The molecule has 1 N–H and O–H groups in total. The summed E-state index contributed by atoms with van der Waals surface area (Å²) in [6.45, 7) is 0. The van der Waals surface area contributed by atoms with E-state index in [1.54, 1.807) is 0 Å². The second-order valence-corrected chi connectivity index (χ2v) is 4.66. The standard InChI is InChI=1S/C9H14N2O2S/c12-8(13)5-14-9-10-6-3-1-2-4-7(6)11-9/h6-7H,1-5H2,(H,10,11)(H,12,13)/p-1/t6-,7-/m0/s1. The van der Waals surface area contributed by atoms with Gasteiger partial charge in [0.25, 0.3) is 0 Å². The minimum absolute atomic E-state index is 0.00866. The SMILES string of the molecule is O=C([O-])CSC1=N[C@H]2CCCC[C@@H]2N1. The summed E-state index contributed by atoms with van der Waals surface area (Å²) in [5.41, 5.74) is 0. The number of hydrogen-bond acceptors (Lipinski definition) is 5. The van der Waals surface area contributed by atoms with Crippen LogP contribution in [-0.4, -0.2) is 29.0 Å². The van der Waals surface area contributed by atoms with E-state index in [-0.39, 0.29) is 5.75 Å². The lowest BCUT2D eigenvalue weighted by Gasteiger charge is -2.23. The number of carbonyl (C=O) groups excluding carboxylic acids is 1. The van der Waals surface area contributed by atoms with Crippen LogP contribution in [0.1, 0.15) is 25.7 Å². The van der Waals surface area contributed by atoms with Gasteiger partial charge >= 0.3 is 0 Å². The van der Waals surface area contributed by atoms with Crippen molar-refractivity contribution in [2.24, 2.45) is 4.99 Å². The summed E-state index contributed by atoms with van der Waals surface area (Å²) in [5.74, 6) is -1.04. The average Bonchev–Trinajstić information content (AvgIpc) is 2.57. The van der Waals surface area contributed by atoms with Gasteiger partial charge in [0.05, 0.1) is 18.1 Å². The molecule has 0 aromatic carbocycles. The van der Waals surface area contributed by atoms with Crippen molar-refractivity contribution in [1.29, 1.82) is 0 Å². The molecule has 78 valence electrons. The number of nitrogens with zero attached hydrogens (tertiary/aromatic N) is 1. The van der Waals surface area contributed by atoms with Crippen molar-refractivity contribution in [3.8, 4) is 0 Å². The van der Waals surface area contributed by atoms with Gasteiger partial charge in [0.1, 0.15) is 0 Å². The lowest BCUT2D eigenvalue weighted by Crippen LogP contribution is -2.36. The Labute approximate surface area is 87.2 Å². The third kappa shape index (κ3) is 2.20. The molecule has 2 atom stereocenters. The molecule has 0 amide bonds. The van der Waals surface area contributed by atoms with Gasteiger partial charge in [-0.25, -0.2) is 0 Å². The first-order valence-corrected chi connectivity index (χ1v) is 5.91. The molecule has 5 heteroatoms. The minimum atomic E-state index is -1.03. The molecule has 0 spiro atoms. The van der Waals surface area contributed by atoms with Crippen molar-refractivity contribution < 1.29 is 9.90 Å². The van der Waals surface area contributed by atoms with E-state index in [4.69, 9.17) is 0 Å². The number of fused-ring (bicyclic) bond motifs is 1. The zero-order valence-corrected chi connectivity index (χ0v) is 8.68. The van der Waals surface area contributed by atoms with E-state index >= 15 is 0 Å².